The molecule has 0 aliphatic heterocycles. The van der Waals surface area contributed by atoms with Crippen LogP contribution in [0.2, 0.25) is 0 Å². The minimum Gasteiger partial charge on any atom is -0.481 e. The van der Waals surface area contributed by atoms with Crippen LogP contribution in [-0.4, -0.2) is 37.7 Å². The minimum absolute atomic E-state index is 0.134. The molecule has 1 aromatic carbocycles. The summed E-state index contributed by atoms with van der Waals surface area (Å²) in [5.41, 5.74) is 1.52. The van der Waals surface area contributed by atoms with Gasteiger partial charge in [0, 0.05) is 12.3 Å². The quantitative estimate of drug-likeness (QED) is 0.562. The fourth-order valence-electron chi connectivity index (χ4n) is 4.08. The topological polar surface area (TPSA) is 98.2 Å². The molecule has 7 nitrogen and oxygen atoms in total. The Labute approximate surface area is 185 Å². The molecule has 0 radical (unpaired) electrons. The fourth-order valence-corrected chi connectivity index (χ4v) is 5.54. The lowest BCUT2D eigenvalue weighted by Crippen LogP contribution is -2.23. The van der Waals surface area contributed by atoms with E-state index in [1.54, 1.807) is 37.4 Å². The molecule has 0 bridgehead atoms. The van der Waals surface area contributed by atoms with Crippen LogP contribution in [0, 0.1) is 5.92 Å². The van der Waals surface area contributed by atoms with Crippen LogP contribution in [0.1, 0.15) is 43.6 Å². The number of carbonyl (C=O) groups excluding carboxylic acids is 1. The number of amides is 1. The van der Waals surface area contributed by atoms with E-state index in [0.717, 1.165) is 24.8 Å². The molecule has 1 fully saturated rings. The van der Waals surface area contributed by atoms with Crippen LogP contribution >= 0.6 is 11.3 Å². The van der Waals surface area contributed by atoms with Gasteiger partial charge in [0.15, 0.2) is 15.0 Å². The standard InChI is InChI=1S/C22H25N3O4S2/c1-29-19-12-11-18-21(24-19)30-22(23-18)25-20(26)17(13-14-5-3-4-6-14)15-7-9-16(10-8-15)31(2,27)28/h7-12,14,17H,3-6,13H2,1-2H3,(H,23,25,26). The smallest absolute Gasteiger partial charge is 0.233 e. The number of fused-ring (bicyclic) bond motifs is 1. The van der Waals surface area contributed by atoms with Crippen LogP contribution in [0.25, 0.3) is 10.3 Å². The van der Waals surface area contributed by atoms with E-state index in [-0.39, 0.29) is 16.7 Å². The van der Waals surface area contributed by atoms with Crippen molar-refractivity contribution in [3.63, 3.8) is 0 Å². The summed E-state index contributed by atoms with van der Waals surface area (Å²) in [5, 5.41) is 3.45. The Bertz CT molecular complexity index is 1180. The molecule has 1 unspecified atom stereocenters. The van der Waals surface area contributed by atoms with Crippen molar-refractivity contribution in [2.45, 2.75) is 42.9 Å². The summed E-state index contributed by atoms with van der Waals surface area (Å²) in [6.45, 7) is 0. The molecule has 2 aromatic heterocycles. The summed E-state index contributed by atoms with van der Waals surface area (Å²) in [4.78, 5) is 23.1. The number of carbonyl (C=O) groups is 1. The van der Waals surface area contributed by atoms with Crippen molar-refractivity contribution in [1.82, 2.24) is 9.97 Å². The molecule has 1 atom stereocenters. The molecule has 1 saturated carbocycles. The Morgan fingerprint density at radius 3 is 2.52 bits per heavy atom. The van der Waals surface area contributed by atoms with Crippen molar-refractivity contribution in [2.24, 2.45) is 5.92 Å². The van der Waals surface area contributed by atoms with Gasteiger partial charge in [-0.25, -0.2) is 18.4 Å². The molecule has 1 aliphatic rings. The monoisotopic (exact) mass is 459 g/mol. The van der Waals surface area contributed by atoms with E-state index in [1.165, 1.54) is 30.4 Å². The van der Waals surface area contributed by atoms with Gasteiger partial charge < -0.3 is 10.1 Å². The summed E-state index contributed by atoms with van der Waals surface area (Å²) in [6.07, 6.45) is 6.54. The molecule has 164 valence electrons. The zero-order valence-electron chi connectivity index (χ0n) is 17.5. The van der Waals surface area contributed by atoms with Gasteiger partial charge in [-0.1, -0.05) is 49.2 Å². The third kappa shape index (κ3) is 5.04. The molecule has 1 aliphatic carbocycles. The number of pyridine rings is 1. The number of methoxy groups -OCH3 is 1. The number of ether oxygens (including phenoxy) is 1. The highest BCUT2D eigenvalue weighted by Gasteiger charge is 2.27. The van der Waals surface area contributed by atoms with E-state index in [1.807, 2.05) is 6.07 Å². The van der Waals surface area contributed by atoms with Gasteiger partial charge in [0.1, 0.15) is 10.3 Å². The molecular formula is C22H25N3O4S2. The SMILES string of the molecule is COc1ccc2nc(NC(=O)C(CC3CCCC3)c3ccc(S(C)(=O)=O)cc3)sc2n1. The summed E-state index contributed by atoms with van der Waals surface area (Å²) >= 11 is 1.30. The van der Waals surface area contributed by atoms with E-state index >= 15 is 0 Å². The Kier molecular flexibility index (Phi) is 6.24. The maximum absolute atomic E-state index is 13.3. The second-order valence-corrected chi connectivity index (χ2v) is 11.0. The molecule has 9 heteroatoms. The van der Waals surface area contributed by atoms with Gasteiger partial charge in [0.25, 0.3) is 0 Å². The van der Waals surface area contributed by atoms with E-state index in [9.17, 15) is 13.2 Å². The zero-order valence-corrected chi connectivity index (χ0v) is 19.1. The highest BCUT2D eigenvalue weighted by Crippen LogP contribution is 2.36. The first-order chi connectivity index (χ1) is 14.8. The van der Waals surface area contributed by atoms with Gasteiger partial charge in [-0.3, -0.25) is 4.79 Å². The molecular weight excluding hydrogens is 434 g/mol. The third-order valence-corrected chi connectivity index (χ3v) is 7.75. The lowest BCUT2D eigenvalue weighted by atomic mass is 9.87. The first-order valence-corrected chi connectivity index (χ1v) is 13.0. The van der Waals surface area contributed by atoms with Crippen LogP contribution in [0.4, 0.5) is 5.13 Å². The van der Waals surface area contributed by atoms with Gasteiger partial charge in [-0.05, 0) is 36.1 Å². The van der Waals surface area contributed by atoms with Gasteiger partial charge in [-0.2, -0.15) is 0 Å². The maximum Gasteiger partial charge on any atom is 0.233 e. The highest BCUT2D eigenvalue weighted by atomic mass is 32.2. The number of rotatable bonds is 7. The van der Waals surface area contributed by atoms with Crippen molar-refractivity contribution in [3.8, 4) is 5.88 Å². The molecule has 1 amide bonds. The maximum atomic E-state index is 13.3. The Hall–Kier alpha value is -2.52. The van der Waals surface area contributed by atoms with Gasteiger partial charge in [-0.15, -0.1) is 0 Å². The number of hydrogen-bond donors (Lipinski definition) is 1. The molecule has 3 aromatic rings. The van der Waals surface area contributed by atoms with Crippen molar-refractivity contribution in [2.75, 3.05) is 18.7 Å². The van der Waals surface area contributed by atoms with Gasteiger partial charge in [0.2, 0.25) is 11.8 Å². The first kappa shape index (κ1) is 21.7. The summed E-state index contributed by atoms with van der Waals surface area (Å²) in [7, 11) is -1.73. The molecule has 4 rings (SSSR count). The van der Waals surface area contributed by atoms with Crippen molar-refractivity contribution < 1.29 is 17.9 Å². The van der Waals surface area contributed by atoms with Gasteiger partial charge >= 0.3 is 0 Å². The van der Waals surface area contributed by atoms with Gasteiger partial charge in [0.05, 0.1) is 17.9 Å². The number of thiazole rings is 1. The number of nitrogens with zero attached hydrogens (tertiary/aromatic N) is 2. The molecule has 1 N–H and O–H groups in total. The van der Waals surface area contributed by atoms with Crippen LogP contribution in [-0.2, 0) is 14.6 Å². The average Bonchev–Trinajstić information content (AvgIpc) is 3.40. The lowest BCUT2D eigenvalue weighted by molar-refractivity contribution is -0.118. The molecule has 2 heterocycles. The van der Waals surface area contributed by atoms with E-state index in [4.69, 9.17) is 4.74 Å². The third-order valence-electron chi connectivity index (χ3n) is 5.74. The van der Waals surface area contributed by atoms with Crippen molar-refractivity contribution in [3.05, 3.63) is 42.0 Å². The molecule has 0 spiro atoms. The summed E-state index contributed by atoms with van der Waals surface area (Å²) < 4.78 is 28.7. The number of benzene rings is 1. The van der Waals surface area contributed by atoms with E-state index < -0.39 is 9.84 Å². The highest BCUT2D eigenvalue weighted by molar-refractivity contribution is 7.90. The number of nitrogens with one attached hydrogen (secondary N) is 1. The van der Waals surface area contributed by atoms with Crippen LogP contribution in [0.3, 0.4) is 0 Å². The average molecular weight is 460 g/mol. The largest absolute Gasteiger partial charge is 0.481 e. The number of sulfone groups is 1. The number of anilines is 1. The van der Waals surface area contributed by atoms with Crippen LogP contribution in [0.5, 0.6) is 5.88 Å². The first-order valence-electron chi connectivity index (χ1n) is 10.3. The number of hydrogen-bond acceptors (Lipinski definition) is 7. The van der Waals surface area contributed by atoms with Crippen molar-refractivity contribution in [1.29, 1.82) is 0 Å². The van der Waals surface area contributed by atoms with Crippen molar-refractivity contribution >= 4 is 42.6 Å². The Balaban J connectivity index is 1.59. The zero-order chi connectivity index (χ0) is 22.0. The second-order valence-electron chi connectivity index (χ2n) is 7.97. The molecule has 31 heavy (non-hydrogen) atoms. The van der Waals surface area contributed by atoms with E-state index in [2.05, 4.69) is 15.3 Å². The van der Waals surface area contributed by atoms with Crippen LogP contribution in [0.15, 0.2) is 41.3 Å². The Morgan fingerprint density at radius 2 is 1.87 bits per heavy atom. The summed E-state index contributed by atoms with van der Waals surface area (Å²) in [6, 6.07) is 10.2. The predicted octanol–water partition coefficient (Wildman–Crippen LogP) is 4.41. The van der Waals surface area contributed by atoms with Crippen LogP contribution < -0.4 is 10.1 Å². The summed E-state index contributed by atoms with van der Waals surface area (Å²) in [5.74, 6) is 0.488. The Morgan fingerprint density at radius 1 is 1.16 bits per heavy atom. The number of aromatic nitrogens is 2. The second kappa shape index (κ2) is 8.92. The predicted molar refractivity (Wildman–Crippen MR) is 121 cm³/mol. The minimum atomic E-state index is -3.28. The fraction of sp³-hybridized carbons (Fsp3) is 0.409. The molecule has 0 saturated heterocycles. The normalized spacial score (nSPS) is 15.8. The van der Waals surface area contributed by atoms with E-state index in [0.29, 0.717) is 27.3 Å². The lowest BCUT2D eigenvalue weighted by Gasteiger charge is -2.20.